The van der Waals surface area contributed by atoms with Crippen molar-refractivity contribution in [2.24, 2.45) is 0 Å². The minimum absolute atomic E-state index is 0. The van der Waals surface area contributed by atoms with Gasteiger partial charge in [0.1, 0.15) is 0 Å². The molecular formula is C12H23ClN4O2S. The van der Waals surface area contributed by atoms with E-state index in [-0.39, 0.29) is 23.5 Å². The van der Waals surface area contributed by atoms with Crippen LogP contribution in [0.3, 0.4) is 0 Å². The van der Waals surface area contributed by atoms with Crippen molar-refractivity contribution < 1.29 is 8.42 Å². The number of imidazole rings is 1. The van der Waals surface area contributed by atoms with Crippen LogP contribution in [0.5, 0.6) is 0 Å². The molecule has 1 unspecified atom stereocenters. The predicted octanol–water partition coefficient (Wildman–Crippen LogP) is 1.09. The molecule has 116 valence electrons. The number of sulfonamides is 1. The van der Waals surface area contributed by atoms with E-state index < -0.39 is 10.0 Å². The maximum Gasteiger partial charge on any atom is 0.262 e. The molecule has 0 spiro atoms. The molecule has 1 N–H and O–H groups in total. The van der Waals surface area contributed by atoms with Crippen LogP contribution in [0.2, 0.25) is 0 Å². The summed E-state index contributed by atoms with van der Waals surface area (Å²) < 4.78 is 28.7. The maximum absolute atomic E-state index is 12.7. The van der Waals surface area contributed by atoms with E-state index in [1.807, 2.05) is 13.8 Å². The van der Waals surface area contributed by atoms with Crippen LogP contribution in [-0.2, 0) is 16.6 Å². The first-order valence-corrected chi connectivity index (χ1v) is 8.28. The molecule has 8 heteroatoms. The van der Waals surface area contributed by atoms with Gasteiger partial charge in [0.25, 0.3) is 10.0 Å². The summed E-state index contributed by atoms with van der Waals surface area (Å²) in [5.41, 5.74) is 0. The molecule has 0 radical (unpaired) electrons. The van der Waals surface area contributed by atoms with Crippen molar-refractivity contribution in [1.29, 1.82) is 0 Å². The molecule has 6 nitrogen and oxygen atoms in total. The van der Waals surface area contributed by atoms with Crippen molar-refractivity contribution in [2.45, 2.75) is 44.3 Å². The average molecular weight is 323 g/mol. The summed E-state index contributed by atoms with van der Waals surface area (Å²) >= 11 is 0. The van der Waals surface area contributed by atoms with Crippen LogP contribution in [0, 0.1) is 0 Å². The Morgan fingerprint density at radius 2 is 2.25 bits per heavy atom. The van der Waals surface area contributed by atoms with Gasteiger partial charge in [-0.05, 0) is 26.3 Å². The van der Waals surface area contributed by atoms with E-state index in [2.05, 4.69) is 10.3 Å². The second-order valence-electron chi connectivity index (χ2n) is 4.80. The van der Waals surface area contributed by atoms with Crippen LogP contribution < -0.4 is 5.32 Å². The molecule has 1 fully saturated rings. The first-order chi connectivity index (χ1) is 9.09. The molecular weight excluding hydrogens is 300 g/mol. The highest BCUT2D eigenvalue weighted by Crippen LogP contribution is 2.20. The molecule has 20 heavy (non-hydrogen) atoms. The Morgan fingerprint density at radius 3 is 2.75 bits per heavy atom. The van der Waals surface area contributed by atoms with Crippen molar-refractivity contribution in [1.82, 2.24) is 19.2 Å². The van der Waals surface area contributed by atoms with Gasteiger partial charge in [-0.15, -0.1) is 12.4 Å². The molecule has 1 saturated heterocycles. The number of nitrogens with one attached hydrogen (secondary N) is 1. The van der Waals surface area contributed by atoms with Gasteiger partial charge in [0.2, 0.25) is 0 Å². The first kappa shape index (κ1) is 17.4. The fourth-order valence-corrected chi connectivity index (χ4v) is 4.06. The highest BCUT2D eigenvalue weighted by Gasteiger charge is 2.33. The fraction of sp³-hybridized carbons (Fsp3) is 0.750. The van der Waals surface area contributed by atoms with E-state index >= 15 is 0 Å². The Hall–Kier alpha value is -0.630. The number of aryl methyl sites for hydroxylation is 1. The molecule has 0 aliphatic carbocycles. The number of hydrogen-bond donors (Lipinski definition) is 1. The van der Waals surface area contributed by atoms with E-state index in [1.165, 1.54) is 0 Å². The third kappa shape index (κ3) is 3.52. The molecule has 1 aliphatic heterocycles. The molecule has 2 rings (SSSR count). The van der Waals surface area contributed by atoms with Gasteiger partial charge >= 0.3 is 0 Å². The lowest BCUT2D eigenvalue weighted by Crippen LogP contribution is -2.42. The quantitative estimate of drug-likeness (QED) is 0.851. The number of rotatable bonds is 6. The number of aromatic nitrogens is 2. The topological polar surface area (TPSA) is 67.2 Å². The van der Waals surface area contributed by atoms with Gasteiger partial charge in [-0.1, -0.05) is 6.92 Å². The molecule has 1 aliphatic rings. The zero-order valence-corrected chi connectivity index (χ0v) is 13.6. The van der Waals surface area contributed by atoms with E-state index in [4.69, 9.17) is 0 Å². The predicted molar refractivity (Wildman–Crippen MR) is 80.6 cm³/mol. The van der Waals surface area contributed by atoms with Crippen LogP contribution in [0.4, 0.5) is 0 Å². The molecule has 1 aromatic heterocycles. The minimum Gasteiger partial charge on any atom is -0.336 e. The molecule has 0 aromatic carbocycles. The van der Waals surface area contributed by atoms with E-state index in [1.54, 1.807) is 21.4 Å². The van der Waals surface area contributed by atoms with Crippen molar-refractivity contribution in [2.75, 3.05) is 19.6 Å². The van der Waals surface area contributed by atoms with Crippen LogP contribution in [0.15, 0.2) is 17.6 Å². The first-order valence-electron chi connectivity index (χ1n) is 6.84. The lowest BCUT2D eigenvalue weighted by Gasteiger charge is -2.26. The normalized spacial score (nSPS) is 19.2. The highest BCUT2D eigenvalue weighted by molar-refractivity contribution is 7.89. The average Bonchev–Trinajstić information content (AvgIpc) is 3.06. The summed E-state index contributed by atoms with van der Waals surface area (Å²) in [6, 6.07) is 0.0525. The van der Waals surface area contributed by atoms with Gasteiger partial charge in [-0.2, -0.15) is 4.31 Å². The van der Waals surface area contributed by atoms with Crippen LogP contribution in [0.1, 0.15) is 26.7 Å². The number of hydrogen-bond acceptors (Lipinski definition) is 4. The van der Waals surface area contributed by atoms with Gasteiger partial charge in [0.05, 0.1) is 6.33 Å². The summed E-state index contributed by atoms with van der Waals surface area (Å²) in [5, 5.41) is 3.38. The minimum atomic E-state index is -3.47. The van der Waals surface area contributed by atoms with E-state index in [0.29, 0.717) is 6.54 Å². The highest BCUT2D eigenvalue weighted by atomic mass is 35.5. The second kappa shape index (κ2) is 7.40. The van der Waals surface area contributed by atoms with Crippen LogP contribution in [0.25, 0.3) is 0 Å². The van der Waals surface area contributed by atoms with Crippen LogP contribution >= 0.6 is 12.4 Å². The molecule has 0 saturated carbocycles. The Balaban J connectivity index is 0.00000200. The Labute approximate surface area is 127 Å². The molecule has 1 aromatic rings. The summed E-state index contributed by atoms with van der Waals surface area (Å²) in [5.74, 6) is 0. The maximum atomic E-state index is 12.7. The lowest BCUT2D eigenvalue weighted by molar-refractivity contribution is 0.334. The molecule has 0 amide bonds. The largest absolute Gasteiger partial charge is 0.336 e. The Bertz CT molecular complexity index is 511. The number of halogens is 1. The van der Waals surface area contributed by atoms with Gasteiger partial charge in [-0.3, -0.25) is 0 Å². The zero-order valence-electron chi connectivity index (χ0n) is 11.9. The Kier molecular flexibility index (Phi) is 6.44. The third-order valence-electron chi connectivity index (χ3n) is 3.43. The summed E-state index contributed by atoms with van der Waals surface area (Å²) in [6.07, 6.45) is 4.86. The molecule has 2 heterocycles. The van der Waals surface area contributed by atoms with Crippen molar-refractivity contribution >= 4 is 22.4 Å². The van der Waals surface area contributed by atoms with Crippen molar-refractivity contribution in [3.05, 3.63) is 12.5 Å². The molecule has 1 atom stereocenters. The van der Waals surface area contributed by atoms with Gasteiger partial charge in [0, 0.05) is 31.9 Å². The van der Waals surface area contributed by atoms with Gasteiger partial charge in [-0.25, -0.2) is 13.4 Å². The fourth-order valence-electron chi connectivity index (χ4n) is 2.37. The second-order valence-corrected chi connectivity index (χ2v) is 6.64. The third-order valence-corrected chi connectivity index (χ3v) is 5.27. The van der Waals surface area contributed by atoms with Crippen molar-refractivity contribution in [3.63, 3.8) is 0 Å². The van der Waals surface area contributed by atoms with Crippen LogP contribution in [-0.4, -0.2) is 48.0 Å². The number of nitrogens with zero attached hydrogens (tertiary/aromatic N) is 3. The van der Waals surface area contributed by atoms with Gasteiger partial charge < -0.3 is 9.88 Å². The lowest BCUT2D eigenvalue weighted by atomic mass is 10.2. The van der Waals surface area contributed by atoms with E-state index in [0.717, 1.165) is 32.5 Å². The zero-order chi connectivity index (χ0) is 13.9. The standard InChI is InChI=1S/C12H22N4O2S.ClH/c1-3-7-16(11-5-6-13-8-11)19(17,18)12-9-15(4-2)10-14-12;/h9-11,13H,3-8H2,1-2H3;1H. The van der Waals surface area contributed by atoms with Crippen molar-refractivity contribution in [3.8, 4) is 0 Å². The van der Waals surface area contributed by atoms with E-state index in [9.17, 15) is 8.42 Å². The summed E-state index contributed by atoms with van der Waals surface area (Å²) in [6.45, 7) is 6.84. The van der Waals surface area contributed by atoms with Gasteiger partial charge in [0.15, 0.2) is 5.03 Å². The summed E-state index contributed by atoms with van der Waals surface area (Å²) in [7, 11) is -3.47. The smallest absolute Gasteiger partial charge is 0.262 e. The molecule has 0 bridgehead atoms. The SMILES string of the molecule is CCCN(C1CCNC1)S(=O)(=O)c1cn(CC)cn1.Cl. The monoisotopic (exact) mass is 322 g/mol. The Morgan fingerprint density at radius 1 is 1.50 bits per heavy atom. The summed E-state index contributed by atoms with van der Waals surface area (Å²) in [4.78, 5) is 4.05.